The Kier molecular flexibility index (Phi) is 1.65. The minimum atomic E-state index is -0.363. The summed E-state index contributed by atoms with van der Waals surface area (Å²) in [5.74, 6) is -0.276. The van der Waals surface area contributed by atoms with E-state index in [1.807, 2.05) is 13.0 Å². The highest BCUT2D eigenvalue weighted by Gasteiger charge is 2.31. The number of nitrogens with zero attached hydrogens (tertiary/aromatic N) is 2. The minimum Gasteiger partial charge on any atom is -0.370 e. The van der Waals surface area contributed by atoms with Crippen LogP contribution in [0.3, 0.4) is 0 Å². The van der Waals surface area contributed by atoms with Gasteiger partial charge in [-0.1, -0.05) is 6.08 Å². The maximum absolute atomic E-state index is 11.4. The van der Waals surface area contributed by atoms with Gasteiger partial charge in [0.1, 0.15) is 0 Å². The Morgan fingerprint density at radius 2 is 2.38 bits per heavy atom. The number of rotatable bonds is 0. The van der Waals surface area contributed by atoms with E-state index < -0.39 is 0 Å². The largest absolute Gasteiger partial charge is 0.370 e. The maximum atomic E-state index is 11.4. The average molecular weight is 178 g/mol. The lowest BCUT2D eigenvalue weighted by Gasteiger charge is -2.25. The van der Waals surface area contributed by atoms with Crippen molar-refractivity contribution in [1.82, 2.24) is 5.32 Å². The van der Waals surface area contributed by atoms with E-state index >= 15 is 0 Å². The van der Waals surface area contributed by atoms with Gasteiger partial charge < -0.3 is 5.73 Å². The van der Waals surface area contributed by atoms with E-state index in [2.05, 4.69) is 15.3 Å². The van der Waals surface area contributed by atoms with Gasteiger partial charge in [0.2, 0.25) is 5.91 Å². The summed E-state index contributed by atoms with van der Waals surface area (Å²) in [5, 5.41) is 2.47. The van der Waals surface area contributed by atoms with Gasteiger partial charge in [-0.25, -0.2) is 4.99 Å². The van der Waals surface area contributed by atoms with E-state index in [1.54, 1.807) is 6.21 Å². The summed E-state index contributed by atoms with van der Waals surface area (Å²) < 4.78 is 0. The van der Waals surface area contributed by atoms with Crippen molar-refractivity contribution in [3.05, 3.63) is 11.6 Å². The molecule has 1 amide bonds. The number of hydrogen-bond acceptors (Lipinski definition) is 4. The first-order valence-corrected chi connectivity index (χ1v) is 4.02. The van der Waals surface area contributed by atoms with Crippen molar-refractivity contribution in [3.8, 4) is 0 Å². The molecule has 2 rings (SSSR count). The number of guanidine groups is 1. The lowest BCUT2D eigenvalue weighted by atomic mass is 9.99. The van der Waals surface area contributed by atoms with Gasteiger partial charge in [-0.2, -0.15) is 0 Å². The predicted octanol–water partition coefficient (Wildman–Crippen LogP) is -0.596. The van der Waals surface area contributed by atoms with E-state index in [4.69, 9.17) is 5.73 Å². The van der Waals surface area contributed by atoms with Crippen LogP contribution in [0.1, 0.15) is 6.92 Å². The van der Waals surface area contributed by atoms with Crippen LogP contribution in [0.15, 0.2) is 21.6 Å². The second kappa shape index (κ2) is 2.69. The van der Waals surface area contributed by atoms with Crippen LogP contribution in [0.5, 0.6) is 0 Å². The zero-order valence-electron chi connectivity index (χ0n) is 7.19. The van der Waals surface area contributed by atoms with E-state index in [0.29, 0.717) is 0 Å². The molecule has 2 unspecified atom stereocenters. The van der Waals surface area contributed by atoms with Gasteiger partial charge in [0, 0.05) is 6.21 Å². The molecule has 0 aromatic heterocycles. The molecule has 0 radical (unpaired) electrons. The normalized spacial score (nSPS) is 31.6. The van der Waals surface area contributed by atoms with Crippen molar-refractivity contribution >= 4 is 18.1 Å². The van der Waals surface area contributed by atoms with Gasteiger partial charge in [-0.15, -0.1) is 0 Å². The highest BCUT2D eigenvalue weighted by molar-refractivity contribution is 6.01. The number of carbonyl (C=O) groups excluding carboxylic acids is 1. The van der Waals surface area contributed by atoms with Gasteiger partial charge in [-0.3, -0.25) is 15.1 Å². The molecule has 0 spiro atoms. The summed E-state index contributed by atoms with van der Waals surface area (Å²) in [5.41, 5.74) is 6.37. The Bertz CT molecular complexity index is 342. The van der Waals surface area contributed by atoms with E-state index in [0.717, 1.165) is 5.57 Å². The third-order valence-corrected chi connectivity index (χ3v) is 2.02. The molecule has 3 N–H and O–H groups in total. The lowest BCUT2D eigenvalue weighted by molar-refractivity contribution is -0.123. The van der Waals surface area contributed by atoms with Crippen LogP contribution < -0.4 is 11.1 Å². The minimum absolute atomic E-state index is 0.131. The first-order chi connectivity index (χ1) is 6.16. The predicted molar refractivity (Wildman–Crippen MR) is 49.3 cm³/mol. The van der Waals surface area contributed by atoms with Crippen molar-refractivity contribution in [2.24, 2.45) is 21.6 Å². The molecule has 13 heavy (non-hydrogen) atoms. The second-order valence-corrected chi connectivity index (χ2v) is 3.13. The molecule has 2 aliphatic heterocycles. The molecule has 5 nitrogen and oxygen atoms in total. The van der Waals surface area contributed by atoms with Crippen molar-refractivity contribution in [2.75, 3.05) is 0 Å². The molecule has 2 heterocycles. The van der Waals surface area contributed by atoms with Crippen LogP contribution in [-0.4, -0.2) is 24.2 Å². The molecule has 0 aromatic rings. The van der Waals surface area contributed by atoms with E-state index in [9.17, 15) is 4.79 Å². The van der Waals surface area contributed by atoms with Crippen molar-refractivity contribution in [3.63, 3.8) is 0 Å². The molecule has 2 aliphatic rings. The van der Waals surface area contributed by atoms with Crippen molar-refractivity contribution < 1.29 is 4.79 Å². The number of hydrogen-bond donors (Lipinski definition) is 2. The Balaban J connectivity index is 2.35. The number of dihydropyridines is 1. The highest BCUT2D eigenvalue weighted by Crippen LogP contribution is 2.19. The standard InChI is InChI=1S/C8H10N4O/c1-4-2-5-6(10-3-4)11-8(9)12-7(5)13/h2-3,5-6H,1H3,(H3,9,11,12,13). The van der Waals surface area contributed by atoms with E-state index in [-0.39, 0.29) is 24.0 Å². The fourth-order valence-electron chi connectivity index (χ4n) is 1.41. The fourth-order valence-corrected chi connectivity index (χ4v) is 1.41. The molecule has 5 heteroatoms. The first-order valence-electron chi connectivity index (χ1n) is 4.02. The molecular weight excluding hydrogens is 168 g/mol. The number of allylic oxidation sites excluding steroid dienone is 1. The molecule has 0 fully saturated rings. The zero-order chi connectivity index (χ0) is 9.42. The van der Waals surface area contributed by atoms with Crippen LogP contribution in [0.2, 0.25) is 0 Å². The summed E-state index contributed by atoms with van der Waals surface area (Å²) in [4.78, 5) is 19.5. The quantitative estimate of drug-likeness (QED) is 0.519. The summed E-state index contributed by atoms with van der Waals surface area (Å²) in [6.07, 6.45) is 3.19. The molecule has 68 valence electrons. The lowest BCUT2D eigenvalue weighted by Crippen LogP contribution is -2.48. The molecule has 2 atom stereocenters. The van der Waals surface area contributed by atoms with Crippen LogP contribution in [0.25, 0.3) is 0 Å². The summed E-state index contributed by atoms with van der Waals surface area (Å²) in [7, 11) is 0. The smallest absolute Gasteiger partial charge is 0.237 e. The molecule has 0 bridgehead atoms. The van der Waals surface area contributed by atoms with Crippen LogP contribution in [-0.2, 0) is 4.79 Å². The third kappa shape index (κ3) is 1.32. The van der Waals surface area contributed by atoms with Crippen LogP contribution in [0.4, 0.5) is 0 Å². The van der Waals surface area contributed by atoms with E-state index in [1.165, 1.54) is 0 Å². The molecule has 0 saturated heterocycles. The summed E-state index contributed by atoms with van der Waals surface area (Å²) >= 11 is 0. The molecule has 0 saturated carbocycles. The Morgan fingerprint density at radius 1 is 1.62 bits per heavy atom. The average Bonchev–Trinajstić information content (AvgIpc) is 2.06. The third-order valence-electron chi connectivity index (χ3n) is 2.02. The molecular formula is C8H10N4O. The zero-order valence-corrected chi connectivity index (χ0v) is 7.19. The van der Waals surface area contributed by atoms with Gasteiger partial charge in [-0.05, 0) is 12.5 Å². The number of nitrogens with one attached hydrogen (secondary N) is 1. The molecule has 0 aromatic carbocycles. The number of fused-ring (bicyclic) bond motifs is 1. The van der Waals surface area contributed by atoms with Crippen LogP contribution in [0, 0.1) is 5.92 Å². The maximum Gasteiger partial charge on any atom is 0.237 e. The Morgan fingerprint density at radius 3 is 3.15 bits per heavy atom. The second-order valence-electron chi connectivity index (χ2n) is 3.13. The van der Waals surface area contributed by atoms with Gasteiger partial charge in [0.25, 0.3) is 0 Å². The van der Waals surface area contributed by atoms with Gasteiger partial charge >= 0.3 is 0 Å². The fraction of sp³-hybridized carbons (Fsp3) is 0.375. The SMILES string of the molecule is CC1=CC2C(=O)NC(N)=NC2N=C1. The topological polar surface area (TPSA) is 79.8 Å². The summed E-state index contributed by atoms with van der Waals surface area (Å²) in [6.45, 7) is 1.90. The van der Waals surface area contributed by atoms with Crippen molar-refractivity contribution in [1.29, 1.82) is 0 Å². The van der Waals surface area contributed by atoms with Gasteiger partial charge in [0.05, 0.1) is 5.92 Å². The number of nitrogens with two attached hydrogens (primary N) is 1. The number of aliphatic imine (C=N–C) groups is 2. The first kappa shape index (κ1) is 7.97. The monoisotopic (exact) mass is 178 g/mol. The van der Waals surface area contributed by atoms with Gasteiger partial charge in [0.15, 0.2) is 12.1 Å². The Labute approximate surface area is 75.4 Å². The number of carbonyl (C=O) groups is 1. The highest BCUT2D eigenvalue weighted by atomic mass is 16.2. The molecule has 0 aliphatic carbocycles. The Hall–Kier alpha value is -1.65. The summed E-state index contributed by atoms with van der Waals surface area (Å²) in [6, 6.07) is 0. The van der Waals surface area contributed by atoms with Crippen LogP contribution >= 0.6 is 0 Å². The van der Waals surface area contributed by atoms with Crippen molar-refractivity contribution in [2.45, 2.75) is 13.1 Å². The number of amides is 1.